The molecular weight excluding hydrogens is 359 g/mol. The lowest BCUT2D eigenvalue weighted by Crippen LogP contribution is -2.15. The minimum Gasteiger partial charge on any atom is -0.495 e. The number of para-hydroxylation sites is 1. The molecule has 1 heterocycles. The number of methoxy groups -OCH3 is 1. The first-order valence-electron chi connectivity index (χ1n) is 7.56. The summed E-state index contributed by atoms with van der Waals surface area (Å²) in [6.07, 6.45) is 1.42. The van der Waals surface area contributed by atoms with Gasteiger partial charge in [-0.25, -0.2) is 14.4 Å². The van der Waals surface area contributed by atoms with Gasteiger partial charge >= 0.3 is 0 Å². The number of halogens is 2. The van der Waals surface area contributed by atoms with Gasteiger partial charge in [-0.05, 0) is 36.4 Å². The molecule has 6 nitrogen and oxygen atoms in total. The number of anilines is 3. The average Bonchev–Trinajstić information content (AvgIpc) is 2.64. The molecule has 0 saturated carbocycles. The molecular formula is C18H14ClFN4O2. The monoisotopic (exact) mass is 372 g/mol. The van der Waals surface area contributed by atoms with Gasteiger partial charge in [0.25, 0.3) is 5.91 Å². The number of nitrogens with zero attached hydrogens (tertiary/aromatic N) is 2. The molecule has 1 amide bonds. The van der Waals surface area contributed by atoms with Crippen molar-refractivity contribution in [2.24, 2.45) is 0 Å². The lowest BCUT2D eigenvalue weighted by Gasteiger charge is -2.11. The molecule has 2 aromatic carbocycles. The van der Waals surface area contributed by atoms with Crippen molar-refractivity contribution < 1.29 is 13.9 Å². The van der Waals surface area contributed by atoms with Gasteiger partial charge in [-0.3, -0.25) is 4.79 Å². The van der Waals surface area contributed by atoms with Crippen molar-refractivity contribution in [1.82, 2.24) is 9.97 Å². The van der Waals surface area contributed by atoms with Gasteiger partial charge < -0.3 is 15.4 Å². The molecule has 0 saturated heterocycles. The molecule has 0 aliphatic heterocycles. The Labute approximate surface area is 154 Å². The smallest absolute Gasteiger partial charge is 0.274 e. The van der Waals surface area contributed by atoms with Gasteiger partial charge in [0.15, 0.2) is 0 Å². The molecule has 1 aromatic heterocycles. The number of rotatable bonds is 5. The van der Waals surface area contributed by atoms with Crippen LogP contribution in [0, 0.1) is 5.82 Å². The van der Waals surface area contributed by atoms with Gasteiger partial charge in [0.05, 0.1) is 18.5 Å². The van der Waals surface area contributed by atoms with Gasteiger partial charge in [0.1, 0.15) is 17.3 Å². The first kappa shape index (κ1) is 17.6. The highest BCUT2D eigenvalue weighted by atomic mass is 35.5. The summed E-state index contributed by atoms with van der Waals surface area (Å²) in [6.45, 7) is 0. The quantitative estimate of drug-likeness (QED) is 0.699. The lowest BCUT2D eigenvalue weighted by atomic mass is 10.3. The Morgan fingerprint density at radius 1 is 1.15 bits per heavy atom. The fourth-order valence-corrected chi connectivity index (χ4v) is 2.36. The van der Waals surface area contributed by atoms with Crippen molar-refractivity contribution in [2.75, 3.05) is 17.7 Å². The number of carbonyl (C=O) groups is 1. The van der Waals surface area contributed by atoms with E-state index in [1.165, 1.54) is 37.6 Å². The van der Waals surface area contributed by atoms with Crippen molar-refractivity contribution in [3.8, 4) is 5.75 Å². The van der Waals surface area contributed by atoms with E-state index in [1.807, 2.05) is 0 Å². The number of aromatic nitrogens is 2. The molecule has 3 rings (SSSR count). The van der Waals surface area contributed by atoms with Crippen LogP contribution in [0.25, 0.3) is 0 Å². The summed E-state index contributed by atoms with van der Waals surface area (Å²) in [6, 6.07) is 12.3. The van der Waals surface area contributed by atoms with Gasteiger partial charge in [-0.1, -0.05) is 23.7 Å². The zero-order valence-electron chi connectivity index (χ0n) is 13.7. The normalized spacial score (nSPS) is 10.3. The first-order chi connectivity index (χ1) is 12.6. The van der Waals surface area contributed by atoms with Crippen LogP contribution >= 0.6 is 11.6 Å². The predicted molar refractivity (Wildman–Crippen MR) is 97.7 cm³/mol. The van der Waals surface area contributed by atoms with E-state index in [9.17, 15) is 9.18 Å². The fraction of sp³-hybridized carbons (Fsp3) is 0.0556. The number of nitrogens with one attached hydrogen (secondary N) is 2. The van der Waals surface area contributed by atoms with Crippen LogP contribution < -0.4 is 15.4 Å². The largest absolute Gasteiger partial charge is 0.495 e. The zero-order valence-corrected chi connectivity index (χ0v) is 14.4. The van der Waals surface area contributed by atoms with Crippen molar-refractivity contribution in [2.45, 2.75) is 0 Å². The van der Waals surface area contributed by atoms with E-state index in [4.69, 9.17) is 16.3 Å². The summed E-state index contributed by atoms with van der Waals surface area (Å²) < 4.78 is 18.9. The number of ether oxygens (including phenoxy) is 1. The molecule has 132 valence electrons. The number of benzene rings is 2. The molecule has 2 N–H and O–H groups in total. The van der Waals surface area contributed by atoms with Crippen LogP contribution in [0.15, 0.2) is 54.7 Å². The standard InChI is InChI=1S/C18H14ClFN4O2/c1-26-16-7-6-11(19)10-15(16)24-18-21-9-8-14(23-18)17(25)22-13-5-3-2-4-12(13)20/h2-10H,1H3,(H,22,25)(H,21,23,24). The highest BCUT2D eigenvalue weighted by Crippen LogP contribution is 2.29. The number of amides is 1. The zero-order chi connectivity index (χ0) is 18.5. The van der Waals surface area contributed by atoms with E-state index in [-0.39, 0.29) is 17.3 Å². The van der Waals surface area contributed by atoms with Crippen molar-refractivity contribution >= 4 is 34.8 Å². The molecule has 0 aliphatic carbocycles. The van der Waals surface area contributed by atoms with Crippen LogP contribution in [0.3, 0.4) is 0 Å². The van der Waals surface area contributed by atoms with Crippen molar-refractivity contribution in [3.05, 3.63) is 71.3 Å². The van der Waals surface area contributed by atoms with Gasteiger partial charge in [0, 0.05) is 11.2 Å². The third-order valence-electron chi connectivity index (χ3n) is 3.42. The number of carbonyl (C=O) groups excluding carboxylic acids is 1. The predicted octanol–water partition coefficient (Wildman–Crippen LogP) is 4.27. The molecule has 3 aromatic rings. The second-order valence-corrected chi connectivity index (χ2v) is 5.61. The van der Waals surface area contributed by atoms with E-state index in [0.717, 1.165) is 0 Å². The second kappa shape index (κ2) is 7.79. The summed E-state index contributed by atoms with van der Waals surface area (Å²) in [4.78, 5) is 20.5. The summed E-state index contributed by atoms with van der Waals surface area (Å²) in [5.41, 5.74) is 0.695. The van der Waals surface area contributed by atoms with E-state index in [0.29, 0.717) is 16.5 Å². The van der Waals surface area contributed by atoms with Gasteiger partial charge in [-0.2, -0.15) is 0 Å². The van der Waals surface area contributed by atoms with E-state index >= 15 is 0 Å². The number of hydrogen-bond donors (Lipinski definition) is 2. The third-order valence-corrected chi connectivity index (χ3v) is 3.65. The molecule has 0 fully saturated rings. The molecule has 0 bridgehead atoms. The van der Waals surface area contributed by atoms with Crippen LogP contribution in [0.4, 0.5) is 21.7 Å². The highest BCUT2D eigenvalue weighted by molar-refractivity contribution is 6.31. The maximum Gasteiger partial charge on any atom is 0.274 e. The molecule has 0 unspecified atom stereocenters. The Kier molecular flexibility index (Phi) is 5.28. The van der Waals surface area contributed by atoms with Gasteiger partial charge in [0.2, 0.25) is 5.95 Å². The molecule has 0 radical (unpaired) electrons. The Morgan fingerprint density at radius 3 is 2.73 bits per heavy atom. The summed E-state index contributed by atoms with van der Waals surface area (Å²) in [7, 11) is 1.52. The second-order valence-electron chi connectivity index (χ2n) is 5.17. The van der Waals surface area contributed by atoms with Crippen LogP contribution in [-0.2, 0) is 0 Å². The Balaban J connectivity index is 1.81. The van der Waals surface area contributed by atoms with Crippen LogP contribution in [0.5, 0.6) is 5.75 Å². The fourth-order valence-electron chi connectivity index (χ4n) is 2.19. The molecule has 0 spiro atoms. The highest BCUT2D eigenvalue weighted by Gasteiger charge is 2.12. The maximum absolute atomic E-state index is 13.7. The third kappa shape index (κ3) is 4.07. The molecule has 8 heteroatoms. The lowest BCUT2D eigenvalue weighted by molar-refractivity contribution is 0.102. The molecule has 0 atom stereocenters. The van der Waals surface area contributed by atoms with E-state index < -0.39 is 11.7 Å². The summed E-state index contributed by atoms with van der Waals surface area (Å²) in [5.74, 6) is -0.374. The van der Waals surface area contributed by atoms with Crippen molar-refractivity contribution in [3.63, 3.8) is 0 Å². The number of hydrogen-bond acceptors (Lipinski definition) is 5. The maximum atomic E-state index is 13.7. The minimum atomic E-state index is -0.557. The Bertz CT molecular complexity index is 952. The Morgan fingerprint density at radius 2 is 1.96 bits per heavy atom. The summed E-state index contributed by atoms with van der Waals surface area (Å²) >= 11 is 5.99. The SMILES string of the molecule is COc1ccc(Cl)cc1Nc1nccc(C(=O)Nc2ccccc2F)n1. The first-order valence-corrected chi connectivity index (χ1v) is 7.94. The van der Waals surface area contributed by atoms with Crippen LogP contribution in [0.1, 0.15) is 10.5 Å². The van der Waals surface area contributed by atoms with Crippen molar-refractivity contribution in [1.29, 1.82) is 0 Å². The van der Waals surface area contributed by atoms with Crippen LogP contribution in [0.2, 0.25) is 5.02 Å². The van der Waals surface area contributed by atoms with Gasteiger partial charge in [-0.15, -0.1) is 0 Å². The average molecular weight is 373 g/mol. The molecule has 26 heavy (non-hydrogen) atoms. The topological polar surface area (TPSA) is 76.1 Å². The summed E-state index contributed by atoms with van der Waals surface area (Å²) in [5, 5.41) is 5.92. The Hall–Kier alpha value is -3.19. The van der Waals surface area contributed by atoms with E-state index in [1.54, 1.807) is 24.3 Å². The minimum absolute atomic E-state index is 0.0714. The van der Waals surface area contributed by atoms with Crippen LogP contribution in [-0.4, -0.2) is 23.0 Å². The molecule has 0 aliphatic rings. The van der Waals surface area contributed by atoms with E-state index in [2.05, 4.69) is 20.6 Å².